The van der Waals surface area contributed by atoms with Crippen molar-refractivity contribution in [3.8, 4) is 11.5 Å². The summed E-state index contributed by atoms with van der Waals surface area (Å²) in [6.45, 7) is 7.61. The van der Waals surface area contributed by atoms with Crippen LogP contribution in [0.15, 0.2) is 18.2 Å². The first-order valence-electron chi connectivity index (χ1n) is 7.53. The molecule has 1 aliphatic heterocycles. The molecule has 116 valence electrons. The van der Waals surface area contributed by atoms with Gasteiger partial charge < -0.3 is 19.1 Å². The van der Waals surface area contributed by atoms with Gasteiger partial charge in [0.2, 0.25) is 0 Å². The molecule has 0 aromatic heterocycles. The number of amides is 1. The van der Waals surface area contributed by atoms with Crippen LogP contribution in [0.5, 0.6) is 11.5 Å². The van der Waals surface area contributed by atoms with Crippen LogP contribution in [0.4, 0.5) is 0 Å². The minimum absolute atomic E-state index is 0.0151. The van der Waals surface area contributed by atoms with Crippen LogP contribution in [0.2, 0.25) is 0 Å². The van der Waals surface area contributed by atoms with E-state index in [1.165, 1.54) is 0 Å². The molecule has 0 aliphatic carbocycles. The molecule has 0 atom stereocenters. The molecule has 1 aromatic carbocycles. The van der Waals surface area contributed by atoms with Gasteiger partial charge in [-0.1, -0.05) is 6.92 Å². The van der Waals surface area contributed by atoms with Crippen molar-refractivity contribution in [1.82, 2.24) is 4.90 Å². The van der Waals surface area contributed by atoms with Gasteiger partial charge in [-0.05, 0) is 31.5 Å². The Balaban J connectivity index is 2.15. The fraction of sp³-hybridized carbons (Fsp3) is 0.562. The highest BCUT2D eigenvalue weighted by molar-refractivity contribution is 5.95. The zero-order chi connectivity index (χ0) is 15.1. The number of carbonyl (C=O) groups excluding carboxylic acids is 1. The summed E-state index contributed by atoms with van der Waals surface area (Å²) < 4.78 is 16.5. The van der Waals surface area contributed by atoms with E-state index >= 15 is 0 Å². The molecule has 0 N–H and O–H groups in total. The Morgan fingerprint density at radius 1 is 1.19 bits per heavy atom. The van der Waals surface area contributed by atoms with E-state index < -0.39 is 0 Å². The molecule has 1 amide bonds. The maximum atomic E-state index is 12.5. The molecular formula is C16H23NO4. The van der Waals surface area contributed by atoms with Crippen LogP contribution in [0.25, 0.3) is 0 Å². The van der Waals surface area contributed by atoms with E-state index in [4.69, 9.17) is 14.2 Å². The van der Waals surface area contributed by atoms with Crippen LogP contribution in [0.3, 0.4) is 0 Å². The number of hydrogen-bond donors (Lipinski definition) is 0. The second-order valence-electron chi connectivity index (χ2n) is 4.85. The lowest BCUT2D eigenvalue weighted by atomic mass is 10.1. The van der Waals surface area contributed by atoms with Gasteiger partial charge in [-0.2, -0.15) is 0 Å². The van der Waals surface area contributed by atoms with Crippen molar-refractivity contribution in [3.63, 3.8) is 0 Å². The molecule has 1 heterocycles. The molecule has 1 aromatic rings. The molecule has 0 unspecified atom stereocenters. The molecule has 0 saturated carbocycles. The predicted molar refractivity (Wildman–Crippen MR) is 80.1 cm³/mol. The first-order chi connectivity index (χ1) is 10.3. The minimum Gasteiger partial charge on any atom is -0.490 e. The number of carbonyl (C=O) groups is 1. The summed E-state index contributed by atoms with van der Waals surface area (Å²) in [6, 6.07) is 5.38. The Bertz CT molecular complexity index is 469. The van der Waals surface area contributed by atoms with Crippen molar-refractivity contribution in [2.75, 3.05) is 39.5 Å². The average Bonchev–Trinajstić information content (AvgIpc) is 2.54. The SMILES string of the molecule is CCCOc1ccc(C(=O)N2CCOCC2)cc1OCC. The highest BCUT2D eigenvalue weighted by atomic mass is 16.5. The second-order valence-corrected chi connectivity index (χ2v) is 4.85. The molecular weight excluding hydrogens is 270 g/mol. The molecule has 1 aliphatic rings. The molecule has 0 bridgehead atoms. The number of morpholine rings is 1. The number of rotatable bonds is 6. The summed E-state index contributed by atoms with van der Waals surface area (Å²) in [5.74, 6) is 1.34. The Kier molecular flexibility index (Phi) is 5.87. The number of nitrogens with zero attached hydrogens (tertiary/aromatic N) is 1. The van der Waals surface area contributed by atoms with Crippen LogP contribution < -0.4 is 9.47 Å². The van der Waals surface area contributed by atoms with Gasteiger partial charge in [0.25, 0.3) is 5.91 Å². The molecule has 21 heavy (non-hydrogen) atoms. The van der Waals surface area contributed by atoms with Crippen LogP contribution in [0, 0.1) is 0 Å². The van der Waals surface area contributed by atoms with Gasteiger partial charge in [0.15, 0.2) is 11.5 Å². The summed E-state index contributed by atoms with van der Waals surface area (Å²) in [7, 11) is 0. The molecule has 1 fully saturated rings. The summed E-state index contributed by atoms with van der Waals surface area (Å²) in [6.07, 6.45) is 0.931. The smallest absolute Gasteiger partial charge is 0.254 e. The Morgan fingerprint density at radius 2 is 1.95 bits per heavy atom. The first kappa shape index (κ1) is 15.6. The normalized spacial score (nSPS) is 14.9. The minimum atomic E-state index is 0.0151. The molecule has 5 nitrogen and oxygen atoms in total. The largest absolute Gasteiger partial charge is 0.490 e. The van der Waals surface area contributed by atoms with Crippen molar-refractivity contribution < 1.29 is 19.0 Å². The fourth-order valence-corrected chi connectivity index (χ4v) is 2.19. The van der Waals surface area contributed by atoms with Gasteiger partial charge in [-0.25, -0.2) is 0 Å². The van der Waals surface area contributed by atoms with Gasteiger partial charge >= 0.3 is 0 Å². The van der Waals surface area contributed by atoms with Gasteiger partial charge in [-0.15, -0.1) is 0 Å². The van der Waals surface area contributed by atoms with Crippen LogP contribution in [-0.4, -0.2) is 50.3 Å². The maximum absolute atomic E-state index is 12.5. The van der Waals surface area contributed by atoms with Crippen molar-refractivity contribution in [1.29, 1.82) is 0 Å². The molecule has 1 saturated heterocycles. The highest BCUT2D eigenvalue weighted by Gasteiger charge is 2.20. The maximum Gasteiger partial charge on any atom is 0.254 e. The monoisotopic (exact) mass is 293 g/mol. The van der Waals surface area contributed by atoms with Crippen molar-refractivity contribution in [2.45, 2.75) is 20.3 Å². The molecule has 0 spiro atoms. The quantitative estimate of drug-likeness (QED) is 0.808. The van der Waals surface area contributed by atoms with E-state index in [0.29, 0.717) is 56.6 Å². The molecule has 5 heteroatoms. The van der Waals surface area contributed by atoms with E-state index in [1.54, 1.807) is 17.0 Å². The number of hydrogen-bond acceptors (Lipinski definition) is 4. The summed E-state index contributed by atoms with van der Waals surface area (Å²) >= 11 is 0. The topological polar surface area (TPSA) is 48.0 Å². The summed E-state index contributed by atoms with van der Waals surface area (Å²) in [5.41, 5.74) is 0.629. The van der Waals surface area contributed by atoms with Crippen molar-refractivity contribution in [2.24, 2.45) is 0 Å². The Hall–Kier alpha value is -1.75. The fourth-order valence-electron chi connectivity index (χ4n) is 2.19. The summed E-state index contributed by atoms with van der Waals surface area (Å²) in [5, 5.41) is 0. The van der Waals surface area contributed by atoms with Gasteiger partial charge in [0, 0.05) is 18.7 Å². The number of ether oxygens (including phenoxy) is 3. The zero-order valence-corrected chi connectivity index (χ0v) is 12.8. The zero-order valence-electron chi connectivity index (χ0n) is 12.8. The van der Waals surface area contributed by atoms with E-state index in [2.05, 4.69) is 6.92 Å². The van der Waals surface area contributed by atoms with E-state index in [9.17, 15) is 4.79 Å². The van der Waals surface area contributed by atoms with Crippen molar-refractivity contribution in [3.05, 3.63) is 23.8 Å². The highest BCUT2D eigenvalue weighted by Crippen LogP contribution is 2.29. The third-order valence-electron chi connectivity index (χ3n) is 3.25. The van der Waals surface area contributed by atoms with Crippen LogP contribution in [-0.2, 0) is 4.74 Å². The van der Waals surface area contributed by atoms with Gasteiger partial charge in [0.05, 0.1) is 26.4 Å². The van der Waals surface area contributed by atoms with E-state index in [-0.39, 0.29) is 5.91 Å². The van der Waals surface area contributed by atoms with Gasteiger partial charge in [-0.3, -0.25) is 4.79 Å². The molecule has 0 radical (unpaired) electrons. The van der Waals surface area contributed by atoms with Gasteiger partial charge in [0.1, 0.15) is 0 Å². The van der Waals surface area contributed by atoms with Crippen molar-refractivity contribution >= 4 is 5.91 Å². The van der Waals surface area contributed by atoms with E-state index in [1.807, 2.05) is 13.0 Å². The second kappa shape index (κ2) is 7.88. The third kappa shape index (κ3) is 4.11. The lowest BCUT2D eigenvalue weighted by molar-refractivity contribution is 0.0302. The Morgan fingerprint density at radius 3 is 2.62 bits per heavy atom. The van der Waals surface area contributed by atoms with Crippen LogP contribution in [0.1, 0.15) is 30.6 Å². The molecule has 2 rings (SSSR count). The average molecular weight is 293 g/mol. The number of benzene rings is 1. The Labute approximate surface area is 125 Å². The standard InChI is InChI=1S/C16H23NO4/c1-3-9-21-14-6-5-13(12-15(14)20-4-2)16(18)17-7-10-19-11-8-17/h5-6,12H,3-4,7-11H2,1-2H3. The lowest BCUT2D eigenvalue weighted by Gasteiger charge is -2.27. The first-order valence-corrected chi connectivity index (χ1v) is 7.53. The summed E-state index contributed by atoms with van der Waals surface area (Å²) in [4.78, 5) is 14.3. The van der Waals surface area contributed by atoms with E-state index in [0.717, 1.165) is 6.42 Å². The third-order valence-corrected chi connectivity index (χ3v) is 3.25. The lowest BCUT2D eigenvalue weighted by Crippen LogP contribution is -2.40. The predicted octanol–water partition coefficient (Wildman–Crippen LogP) is 2.35. The van der Waals surface area contributed by atoms with Crippen LogP contribution >= 0.6 is 0 Å².